The minimum Gasteiger partial charge on any atom is -0.383 e. The minimum atomic E-state index is 0.623. The number of nitrogens with two attached hydrogens (primary N) is 1. The molecule has 2 heterocycles. The average molecular weight is 279 g/mol. The molecule has 0 aliphatic heterocycles. The Kier molecular flexibility index (Phi) is 3.70. The van der Waals surface area contributed by atoms with E-state index in [4.69, 9.17) is 5.73 Å². The van der Waals surface area contributed by atoms with Crippen LogP contribution in [0.15, 0.2) is 16.6 Å². The Bertz CT molecular complexity index is 530. The number of hydrogen-bond donors (Lipinski definition) is 1. The van der Waals surface area contributed by atoms with Crippen molar-refractivity contribution in [1.82, 2.24) is 9.97 Å². The molecular formula is C13H17N3S2. The zero-order valence-electron chi connectivity index (χ0n) is 10.3. The summed E-state index contributed by atoms with van der Waals surface area (Å²) in [6.45, 7) is 0. The molecule has 18 heavy (non-hydrogen) atoms. The molecule has 0 bridgehead atoms. The van der Waals surface area contributed by atoms with Crippen LogP contribution in [0, 0.1) is 0 Å². The molecule has 3 nitrogen and oxygen atoms in total. The van der Waals surface area contributed by atoms with Crippen LogP contribution in [0.1, 0.15) is 38.5 Å². The van der Waals surface area contributed by atoms with Crippen LogP contribution in [0.5, 0.6) is 0 Å². The van der Waals surface area contributed by atoms with E-state index in [1.54, 1.807) is 11.3 Å². The van der Waals surface area contributed by atoms with Gasteiger partial charge >= 0.3 is 0 Å². The topological polar surface area (TPSA) is 51.8 Å². The van der Waals surface area contributed by atoms with Gasteiger partial charge in [-0.25, -0.2) is 9.97 Å². The summed E-state index contributed by atoms with van der Waals surface area (Å²) in [5.74, 6) is 0.623. The molecule has 0 saturated heterocycles. The second kappa shape index (κ2) is 5.45. The standard InChI is InChI=1S/C13H17N3S2/c14-11-10-7-8-17-12(10)16-13(15-11)18-9-5-3-1-2-4-6-9/h7-9H,1-6H2,(H2,14,15,16). The van der Waals surface area contributed by atoms with Crippen LogP contribution in [0.25, 0.3) is 10.2 Å². The molecule has 96 valence electrons. The molecule has 5 heteroatoms. The molecule has 2 aromatic heterocycles. The third kappa shape index (κ3) is 2.62. The number of nitrogen functional groups attached to an aromatic ring is 1. The summed E-state index contributed by atoms with van der Waals surface area (Å²) in [6.07, 6.45) is 8.02. The fourth-order valence-electron chi connectivity index (χ4n) is 2.42. The Morgan fingerprint density at radius 2 is 1.94 bits per heavy atom. The molecule has 1 saturated carbocycles. The zero-order valence-corrected chi connectivity index (χ0v) is 11.9. The van der Waals surface area contributed by atoms with Gasteiger partial charge in [0.1, 0.15) is 10.6 Å². The van der Waals surface area contributed by atoms with Crippen LogP contribution >= 0.6 is 23.1 Å². The van der Waals surface area contributed by atoms with Gasteiger partial charge in [-0.15, -0.1) is 11.3 Å². The summed E-state index contributed by atoms with van der Waals surface area (Å²) in [5, 5.41) is 4.54. The molecule has 0 atom stereocenters. The lowest BCUT2D eigenvalue weighted by atomic mass is 10.2. The lowest BCUT2D eigenvalue weighted by Gasteiger charge is -2.12. The van der Waals surface area contributed by atoms with Crippen molar-refractivity contribution in [3.63, 3.8) is 0 Å². The van der Waals surface area contributed by atoms with E-state index in [0.29, 0.717) is 11.1 Å². The van der Waals surface area contributed by atoms with Gasteiger partial charge in [-0.2, -0.15) is 0 Å². The van der Waals surface area contributed by atoms with Crippen molar-refractivity contribution < 1.29 is 0 Å². The first kappa shape index (κ1) is 12.2. The van der Waals surface area contributed by atoms with Crippen LogP contribution in [0.4, 0.5) is 5.82 Å². The summed E-state index contributed by atoms with van der Waals surface area (Å²) in [7, 11) is 0. The van der Waals surface area contributed by atoms with Crippen molar-refractivity contribution in [3.8, 4) is 0 Å². The second-order valence-corrected chi connectivity index (χ2v) is 6.92. The quantitative estimate of drug-likeness (QED) is 0.664. The highest BCUT2D eigenvalue weighted by molar-refractivity contribution is 7.99. The van der Waals surface area contributed by atoms with E-state index in [9.17, 15) is 0 Å². The number of hydrogen-bond acceptors (Lipinski definition) is 5. The summed E-state index contributed by atoms with van der Waals surface area (Å²) < 4.78 is 0. The number of fused-ring (bicyclic) bond motifs is 1. The highest BCUT2D eigenvalue weighted by atomic mass is 32.2. The van der Waals surface area contributed by atoms with Gasteiger partial charge in [0, 0.05) is 5.25 Å². The lowest BCUT2D eigenvalue weighted by Crippen LogP contribution is -2.03. The van der Waals surface area contributed by atoms with Crippen molar-refractivity contribution in [1.29, 1.82) is 0 Å². The van der Waals surface area contributed by atoms with Crippen molar-refractivity contribution in [2.24, 2.45) is 0 Å². The van der Waals surface area contributed by atoms with E-state index >= 15 is 0 Å². The number of rotatable bonds is 2. The predicted octanol–water partition coefficient (Wildman–Crippen LogP) is 4.09. The van der Waals surface area contributed by atoms with Crippen LogP contribution < -0.4 is 5.73 Å². The van der Waals surface area contributed by atoms with Crippen molar-refractivity contribution in [3.05, 3.63) is 11.4 Å². The number of anilines is 1. The molecule has 2 N–H and O–H groups in total. The highest BCUT2D eigenvalue weighted by Crippen LogP contribution is 2.33. The van der Waals surface area contributed by atoms with E-state index in [0.717, 1.165) is 15.4 Å². The van der Waals surface area contributed by atoms with Gasteiger partial charge in [0.2, 0.25) is 0 Å². The Morgan fingerprint density at radius 1 is 1.17 bits per heavy atom. The van der Waals surface area contributed by atoms with E-state index < -0.39 is 0 Å². The molecule has 2 aromatic rings. The predicted molar refractivity (Wildman–Crippen MR) is 79.2 cm³/mol. The van der Waals surface area contributed by atoms with Gasteiger partial charge in [0.05, 0.1) is 5.39 Å². The summed E-state index contributed by atoms with van der Waals surface area (Å²) >= 11 is 3.45. The molecule has 3 rings (SSSR count). The maximum absolute atomic E-state index is 5.98. The first-order chi connectivity index (χ1) is 8.83. The number of aromatic nitrogens is 2. The Balaban J connectivity index is 1.80. The highest BCUT2D eigenvalue weighted by Gasteiger charge is 2.16. The van der Waals surface area contributed by atoms with Crippen LogP contribution in [0.2, 0.25) is 0 Å². The minimum absolute atomic E-state index is 0.623. The van der Waals surface area contributed by atoms with Gasteiger partial charge in [0.15, 0.2) is 5.16 Å². The van der Waals surface area contributed by atoms with E-state index in [2.05, 4.69) is 9.97 Å². The van der Waals surface area contributed by atoms with Crippen molar-refractivity contribution in [2.45, 2.75) is 48.9 Å². The molecule has 1 fully saturated rings. The van der Waals surface area contributed by atoms with Gasteiger partial charge in [-0.3, -0.25) is 0 Å². The van der Waals surface area contributed by atoms with Crippen molar-refractivity contribution >= 4 is 39.1 Å². The normalized spacial score (nSPS) is 18.0. The van der Waals surface area contributed by atoms with Gasteiger partial charge in [0.25, 0.3) is 0 Å². The Labute approximate surface area is 115 Å². The maximum Gasteiger partial charge on any atom is 0.191 e. The monoisotopic (exact) mass is 279 g/mol. The molecule has 1 aliphatic carbocycles. The Hall–Kier alpha value is -0.810. The number of thioether (sulfide) groups is 1. The zero-order chi connectivity index (χ0) is 12.4. The lowest BCUT2D eigenvalue weighted by molar-refractivity contribution is 0.702. The molecule has 0 unspecified atom stereocenters. The first-order valence-electron chi connectivity index (χ1n) is 6.50. The Morgan fingerprint density at radius 3 is 2.72 bits per heavy atom. The molecule has 0 aromatic carbocycles. The van der Waals surface area contributed by atoms with Gasteiger partial charge in [-0.1, -0.05) is 37.4 Å². The largest absolute Gasteiger partial charge is 0.383 e. The third-order valence-corrected chi connectivity index (χ3v) is 5.41. The van der Waals surface area contributed by atoms with E-state index in [1.807, 2.05) is 23.2 Å². The summed E-state index contributed by atoms with van der Waals surface area (Å²) in [5.41, 5.74) is 5.98. The van der Waals surface area contributed by atoms with Crippen LogP contribution in [-0.4, -0.2) is 15.2 Å². The van der Waals surface area contributed by atoms with E-state index in [1.165, 1.54) is 38.5 Å². The van der Waals surface area contributed by atoms with E-state index in [-0.39, 0.29) is 0 Å². The first-order valence-corrected chi connectivity index (χ1v) is 8.26. The van der Waals surface area contributed by atoms with Gasteiger partial charge in [-0.05, 0) is 24.3 Å². The number of nitrogens with zero attached hydrogens (tertiary/aromatic N) is 2. The number of thiophene rings is 1. The molecule has 1 aliphatic rings. The average Bonchev–Trinajstić information content (AvgIpc) is 2.68. The van der Waals surface area contributed by atoms with Crippen LogP contribution in [-0.2, 0) is 0 Å². The fraction of sp³-hybridized carbons (Fsp3) is 0.538. The third-order valence-electron chi connectivity index (χ3n) is 3.41. The summed E-state index contributed by atoms with van der Waals surface area (Å²) in [4.78, 5) is 10.1. The molecule has 0 spiro atoms. The second-order valence-electron chi connectivity index (χ2n) is 4.76. The SMILES string of the molecule is Nc1nc(SC2CCCCCC2)nc2sccc12. The molecule has 0 radical (unpaired) electrons. The summed E-state index contributed by atoms with van der Waals surface area (Å²) in [6, 6.07) is 2.00. The van der Waals surface area contributed by atoms with Crippen LogP contribution in [0.3, 0.4) is 0 Å². The maximum atomic E-state index is 5.98. The van der Waals surface area contributed by atoms with Crippen molar-refractivity contribution in [2.75, 3.05) is 5.73 Å². The van der Waals surface area contributed by atoms with Gasteiger partial charge < -0.3 is 5.73 Å². The molecule has 0 amide bonds. The fourth-order valence-corrected chi connectivity index (χ4v) is 4.41. The smallest absolute Gasteiger partial charge is 0.191 e. The molecular weight excluding hydrogens is 262 g/mol.